The molecule has 6 nitrogen and oxygen atoms in total. The van der Waals surface area contributed by atoms with Gasteiger partial charge in [-0.3, -0.25) is 14.6 Å². The maximum Gasteiger partial charge on any atom is 0.257 e. The number of aromatic nitrogens is 1. The zero-order valence-electron chi connectivity index (χ0n) is 13.9. The maximum absolute atomic E-state index is 13.7. The minimum Gasteiger partial charge on any atom is -0.336 e. The summed E-state index contributed by atoms with van der Waals surface area (Å²) in [4.78, 5) is 32.8. The molecule has 25 heavy (non-hydrogen) atoms. The Kier molecular flexibility index (Phi) is 5.04. The Balaban J connectivity index is 1.73. The second-order valence-electron chi connectivity index (χ2n) is 5.99. The number of rotatable bonds is 3. The van der Waals surface area contributed by atoms with Gasteiger partial charge in [0, 0.05) is 38.6 Å². The van der Waals surface area contributed by atoms with E-state index in [0.717, 1.165) is 13.1 Å². The maximum atomic E-state index is 13.7. The summed E-state index contributed by atoms with van der Waals surface area (Å²) in [6, 6.07) is 7.40. The van der Waals surface area contributed by atoms with Gasteiger partial charge in [-0.05, 0) is 25.2 Å². The molecule has 1 aromatic heterocycles. The van der Waals surface area contributed by atoms with Crippen LogP contribution in [0, 0.1) is 5.82 Å². The van der Waals surface area contributed by atoms with Gasteiger partial charge in [0.1, 0.15) is 5.82 Å². The Morgan fingerprint density at radius 1 is 1.08 bits per heavy atom. The standard InChI is InChI=1S/C18H19FN4O2/c1-22-6-8-23(9-7-22)18(25)14-10-13(11-20-12-14)17(24)21-16-5-3-2-4-15(16)19/h2-5,10-12H,6-9H2,1H3,(H,21,24). The fourth-order valence-electron chi connectivity index (χ4n) is 2.63. The largest absolute Gasteiger partial charge is 0.336 e. The lowest BCUT2D eigenvalue weighted by Crippen LogP contribution is -2.47. The fraction of sp³-hybridized carbons (Fsp3) is 0.278. The minimum atomic E-state index is -0.520. The molecular weight excluding hydrogens is 323 g/mol. The van der Waals surface area contributed by atoms with Gasteiger partial charge in [0.05, 0.1) is 16.8 Å². The van der Waals surface area contributed by atoms with Crippen molar-refractivity contribution in [3.63, 3.8) is 0 Å². The molecule has 0 aliphatic carbocycles. The van der Waals surface area contributed by atoms with Crippen LogP contribution in [-0.2, 0) is 0 Å². The number of likely N-dealkylation sites (N-methyl/N-ethyl adjacent to an activating group) is 1. The first kappa shape index (κ1) is 17.0. The topological polar surface area (TPSA) is 65.5 Å². The average Bonchev–Trinajstić information content (AvgIpc) is 2.64. The van der Waals surface area contributed by atoms with Gasteiger partial charge in [-0.2, -0.15) is 0 Å². The SMILES string of the molecule is CN1CCN(C(=O)c2cncc(C(=O)Nc3ccccc3F)c2)CC1. The summed E-state index contributed by atoms with van der Waals surface area (Å²) < 4.78 is 13.7. The van der Waals surface area contributed by atoms with Crippen molar-refractivity contribution in [2.75, 3.05) is 38.5 Å². The molecule has 1 saturated heterocycles. The molecule has 2 heterocycles. The van der Waals surface area contributed by atoms with E-state index in [9.17, 15) is 14.0 Å². The van der Waals surface area contributed by atoms with Gasteiger partial charge in [-0.15, -0.1) is 0 Å². The van der Waals surface area contributed by atoms with Crippen LogP contribution < -0.4 is 5.32 Å². The smallest absolute Gasteiger partial charge is 0.257 e. The molecule has 7 heteroatoms. The van der Waals surface area contributed by atoms with E-state index in [2.05, 4.69) is 15.2 Å². The normalized spacial score (nSPS) is 15.0. The van der Waals surface area contributed by atoms with Crippen molar-refractivity contribution >= 4 is 17.5 Å². The van der Waals surface area contributed by atoms with Gasteiger partial charge < -0.3 is 15.1 Å². The van der Waals surface area contributed by atoms with E-state index in [4.69, 9.17) is 0 Å². The van der Waals surface area contributed by atoms with Crippen LogP contribution in [0.25, 0.3) is 0 Å². The highest BCUT2D eigenvalue weighted by atomic mass is 19.1. The molecule has 3 rings (SSSR count). The number of nitrogens with one attached hydrogen (secondary N) is 1. The minimum absolute atomic E-state index is 0.0864. The van der Waals surface area contributed by atoms with Gasteiger partial charge in [0.15, 0.2) is 0 Å². The van der Waals surface area contributed by atoms with Crippen LogP contribution in [-0.4, -0.2) is 59.8 Å². The lowest BCUT2D eigenvalue weighted by Gasteiger charge is -2.32. The predicted molar refractivity (Wildman–Crippen MR) is 92.0 cm³/mol. The molecule has 0 unspecified atom stereocenters. The van der Waals surface area contributed by atoms with Crippen LogP contribution in [0.4, 0.5) is 10.1 Å². The van der Waals surface area contributed by atoms with E-state index in [1.54, 1.807) is 17.0 Å². The molecule has 0 spiro atoms. The third kappa shape index (κ3) is 4.00. The number of piperazine rings is 1. The number of carbonyl (C=O) groups is 2. The number of benzene rings is 1. The Morgan fingerprint density at radius 2 is 1.76 bits per heavy atom. The highest BCUT2D eigenvalue weighted by Gasteiger charge is 2.21. The number of pyridine rings is 1. The predicted octanol–water partition coefficient (Wildman–Crippen LogP) is 1.86. The molecule has 1 fully saturated rings. The monoisotopic (exact) mass is 342 g/mol. The summed E-state index contributed by atoms with van der Waals surface area (Å²) in [7, 11) is 2.01. The van der Waals surface area contributed by atoms with Gasteiger partial charge >= 0.3 is 0 Å². The Hall–Kier alpha value is -2.80. The van der Waals surface area contributed by atoms with Crippen LogP contribution in [0.2, 0.25) is 0 Å². The van der Waals surface area contributed by atoms with Crippen LogP contribution in [0.5, 0.6) is 0 Å². The molecule has 2 aromatic rings. The molecule has 2 amide bonds. The lowest BCUT2D eigenvalue weighted by atomic mass is 10.1. The van der Waals surface area contributed by atoms with E-state index in [1.165, 1.54) is 30.6 Å². The van der Waals surface area contributed by atoms with Crippen molar-refractivity contribution in [1.82, 2.24) is 14.8 Å². The molecule has 130 valence electrons. The van der Waals surface area contributed by atoms with Crippen LogP contribution in [0.15, 0.2) is 42.7 Å². The number of halogens is 1. The summed E-state index contributed by atoms with van der Waals surface area (Å²) in [5.74, 6) is -1.18. The number of para-hydroxylation sites is 1. The van der Waals surface area contributed by atoms with Crippen LogP contribution in [0.1, 0.15) is 20.7 Å². The van der Waals surface area contributed by atoms with E-state index in [-0.39, 0.29) is 17.2 Å². The van der Waals surface area contributed by atoms with E-state index >= 15 is 0 Å². The lowest BCUT2D eigenvalue weighted by molar-refractivity contribution is 0.0663. The summed E-state index contributed by atoms with van der Waals surface area (Å²) in [5.41, 5.74) is 0.650. The quantitative estimate of drug-likeness (QED) is 0.925. The van der Waals surface area contributed by atoms with Gasteiger partial charge in [0.2, 0.25) is 0 Å². The van der Waals surface area contributed by atoms with E-state index < -0.39 is 11.7 Å². The van der Waals surface area contributed by atoms with Crippen molar-refractivity contribution < 1.29 is 14.0 Å². The zero-order chi connectivity index (χ0) is 17.8. The second kappa shape index (κ2) is 7.40. The second-order valence-corrected chi connectivity index (χ2v) is 5.99. The summed E-state index contributed by atoms with van der Waals surface area (Å²) in [6.07, 6.45) is 2.80. The van der Waals surface area contributed by atoms with Crippen molar-refractivity contribution in [1.29, 1.82) is 0 Å². The number of anilines is 1. The third-order valence-corrected chi connectivity index (χ3v) is 4.16. The highest BCUT2D eigenvalue weighted by Crippen LogP contribution is 2.15. The van der Waals surface area contributed by atoms with Crippen molar-refractivity contribution in [2.45, 2.75) is 0 Å². The zero-order valence-corrected chi connectivity index (χ0v) is 13.9. The average molecular weight is 342 g/mol. The van der Waals surface area contributed by atoms with E-state index in [1.807, 2.05) is 7.05 Å². The van der Waals surface area contributed by atoms with E-state index in [0.29, 0.717) is 18.7 Å². The first-order valence-corrected chi connectivity index (χ1v) is 8.03. The Labute approximate surface area is 145 Å². The first-order valence-electron chi connectivity index (χ1n) is 8.03. The number of amides is 2. The van der Waals surface area contributed by atoms with Gasteiger partial charge in [-0.1, -0.05) is 12.1 Å². The van der Waals surface area contributed by atoms with Crippen molar-refractivity contribution in [2.24, 2.45) is 0 Å². The van der Waals surface area contributed by atoms with Crippen molar-refractivity contribution in [3.8, 4) is 0 Å². The Morgan fingerprint density at radius 3 is 2.48 bits per heavy atom. The molecular formula is C18H19FN4O2. The summed E-state index contributed by atoms with van der Waals surface area (Å²) >= 11 is 0. The molecule has 0 atom stereocenters. The number of nitrogens with zero attached hydrogens (tertiary/aromatic N) is 3. The van der Waals surface area contributed by atoms with Crippen LogP contribution in [0.3, 0.4) is 0 Å². The Bertz CT molecular complexity index is 788. The number of carbonyl (C=O) groups excluding carboxylic acids is 2. The van der Waals surface area contributed by atoms with Crippen LogP contribution >= 0.6 is 0 Å². The first-order chi connectivity index (χ1) is 12.0. The summed E-state index contributed by atoms with van der Waals surface area (Å²) in [5, 5.41) is 2.49. The molecule has 1 aromatic carbocycles. The highest BCUT2D eigenvalue weighted by molar-refractivity contribution is 6.05. The third-order valence-electron chi connectivity index (χ3n) is 4.16. The molecule has 1 aliphatic heterocycles. The summed E-state index contributed by atoms with van der Waals surface area (Å²) in [6.45, 7) is 2.90. The molecule has 0 saturated carbocycles. The number of hydrogen-bond acceptors (Lipinski definition) is 4. The van der Waals surface area contributed by atoms with Gasteiger partial charge in [-0.25, -0.2) is 4.39 Å². The molecule has 1 N–H and O–H groups in total. The molecule has 0 bridgehead atoms. The molecule has 1 aliphatic rings. The van der Waals surface area contributed by atoms with Gasteiger partial charge in [0.25, 0.3) is 11.8 Å². The number of hydrogen-bond donors (Lipinski definition) is 1. The fourth-order valence-corrected chi connectivity index (χ4v) is 2.63. The van der Waals surface area contributed by atoms with Crippen molar-refractivity contribution in [3.05, 3.63) is 59.7 Å². The molecule has 0 radical (unpaired) electrons.